The quantitative estimate of drug-likeness (QED) is 0.865. The van der Waals surface area contributed by atoms with Gasteiger partial charge in [-0.05, 0) is 62.5 Å². The molecule has 0 radical (unpaired) electrons. The number of aromatic hydroxyl groups is 1. The highest BCUT2D eigenvalue weighted by atomic mass is 16.3. The third kappa shape index (κ3) is 1.58. The van der Waals surface area contributed by atoms with Crippen molar-refractivity contribution in [1.29, 1.82) is 0 Å². The molecule has 1 aliphatic carbocycles. The third-order valence-corrected chi connectivity index (χ3v) is 5.09. The van der Waals surface area contributed by atoms with Crippen molar-refractivity contribution in [3.8, 4) is 5.75 Å². The number of nitrogens with zero attached hydrogens (tertiary/aromatic N) is 1. The Hall–Kier alpha value is -1.02. The van der Waals surface area contributed by atoms with Crippen LogP contribution in [0.2, 0.25) is 0 Å². The third-order valence-electron chi connectivity index (χ3n) is 5.09. The van der Waals surface area contributed by atoms with Crippen LogP contribution in [-0.2, 0) is 11.8 Å². The van der Waals surface area contributed by atoms with Crippen LogP contribution in [0.15, 0.2) is 18.2 Å². The van der Waals surface area contributed by atoms with Crippen molar-refractivity contribution in [2.75, 3.05) is 13.6 Å². The second-order valence-corrected chi connectivity index (χ2v) is 6.03. The highest BCUT2D eigenvalue weighted by Crippen LogP contribution is 2.49. The van der Waals surface area contributed by atoms with Crippen molar-refractivity contribution in [3.05, 3.63) is 29.3 Å². The van der Waals surface area contributed by atoms with Gasteiger partial charge in [0.05, 0.1) is 0 Å². The fourth-order valence-corrected chi connectivity index (χ4v) is 4.34. The maximum Gasteiger partial charge on any atom is 0.115 e. The lowest BCUT2D eigenvalue weighted by Crippen LogP contribution is -2.44. The van der Waals surface area contributed by atoms with Gasteiger partial charge in [0, 0.05) is 11.5 Å². The summed E-state index contributed by atoms with van der Waals surface area (Å²) in [7, 11) is 2.26. The van der Waals surface area contributed by atoms with Gasteiger partial charge < -0.3 is 10.0 Å². The van der Waals surface area contributed by atoms with Crippen molar-refractivity contribution in [1.82, 2.24) is 4.90 Å². The largest absolute Gasteiger partial charge is 0.508 e. The van der Waals surface area contributed by atoms with E-state index in [0.717, 1.165) is 6.42 Å². The molecule has 2 nitrogen and oxygen atoms in total. The Bertz CT molecular complexity index is 452. The van der Waals surface area contributed by atoms with Gasteiger partial charge in [0.25, 0.3) is 0 Å². The van der Waals surface area contributed by atoms with Gasteiger partial charge in [-0.3, -0.25) is 0 Å². The van der Waals surface area contributed by atoms with E-state index in [-0.39, 0.29) is 0 Å². The van der Waals surface area contributed by atoms with Crippen molar-refractivity contribution in [2.45, 2.75) is 50.5 Å². The molecule has 0 spiro atoms. The van der Waals surface area contributed by atoms with Crippen molar-refractivity contribution >= 4 is 0 Å². The lowest BCUT2D eigenvalue weighted by atomic mass is 9.64. The molecular formula is C16H23NO. The van der Waals surface area contributed by atoms with E-state index in [9.17, 15) is 5.11 Å². The van der Waals surface area contributed by atoms with E-state index >= 15 is 0 Å². The number of likely N-dealkylation sites (N-methyl/N-ethyl adjacent to an activating group) is 1. The monoisotopic (exact) mass is 245 g/mol. The summed E-state index contributed by atoms with van der Waals surface area (Å²) in [6.07, 6.45) is 6.15. The maximum absolute atomic E-state index is 9.84. The van der Waals surface area contributed by atoms with E-state index in [1.54, 1.807) is 0 Å². The number of aryl methyl sites for hydroxylation is 1. The summed E-state index contributed by atoms with van der Waals surface area (Å²) in [6.45, 7) is 3.47. The molecule has 2 aliphatic rings. The zero-order valence-corrected chi connectivity index (χ0v) is 11.4. The van der Waals surface area contributed by atoms with Crippen LogP contribution in [0.4, 0.5) is 0 Å². The molecule has 1 fully saturated rings. The summed E-state index contributed by atoms with van der Waals surface area (Å²) in [6, 6.07) is 6.69. The average molecular weight is 245 g/mol. The first kappa shape index (κ1) is 12.0. The summed E-state index contributed by atoms with van der Waals surface area (Å²) in [5.74, 6) is 0.430. The van der Waals surface area contributed by atoms with Crippen LogP contribution in [0.1, 0.15) is 43.7 Å². The van der Waals surface area contributed by atoms with Gasteiger partial charge in [0.1, 0.15) is 5.75 Å². The molecule has 1 aromatic carbocycles. The number of rotatable bonds is 2. The van der Waals surface area contributed by atoms with Crippen LogP contribution in [0, 0.1) is 0 Å². The first-order valence-electron chi connectivity index (χ1n) is 7.20. The lowest BCUT2D eigenvalue weighted by molar-refractivity contribution is 0.205. The second-order valence-electron chi connectivity index (χ2n) is 6.03. The maximum atomic E-state index is 9.84. The van der Waals surface area contributed by atoms with Gasteiger partial charge in [0.15, 0.2) is 0 Å². The Kier molecular flexibility index (Phi) is 2.86. The molecule has 98 valence electrons. The van der Waals surface area contributed by atoms with Gasteiger partial charge in [-0.25, -0.2) is 0 Å². The number of phenolic OH excluding ortho intramolecular Hbond substituents is 1. The highest BCUT2D eigenvalue weighted by molar-refractivity contribution is 5.44. The van der Waals surface area contributed by atoms with Gasteiger partial charge in [-0.1, -0.05) is 19.4 Å². The van der Waals surface area contributed by atoms with Crippen LogP contribution < -0.4 is 0 Å². The number of likely N-dealkylation sites (tertiary alicyclic amines) is 1. The van der Waals surface area contributed by atoms with Crippen LogP contribution >= 0.6 is 0 Å². The zero-order valence-electron chi connectivity index (χ0n) is 11.4. The summed E-state index contributed by atoms with van der Waals surface area (Å²) >= 11 is 0. The van der Waals surface area contributed by atoms with Crippen molar-refractivity contribution < 1.29 is 5.11 Å². The number of hydrogen-bond donors (Lipinski definition) is 1. The summed E-state index contributed by atoms with van der Waals surface area (Å²) in [4.78, 5) is 2.53. The minimum Gasteiger partial charge on any atom is -0.508 e. The van der Waals surface area contributed by atoms with Crippen LogP contribution in [0.3, 0.4) is 0 Å². The molecule has 3 rings (SSSR count). The number of benzene rings is 1. The first-order valence-corrected chi connectivity index (χ1v) is 7.20. The van der Waals surface area contributed by atoms with Crippen LogP contribution in [0.5, 0.6) is 5.75 Å². The fourth-order valence-electron chi connectivity index (χ4n) is 4.34. The van der Waals surface area contributed by atoms with Gasteiger partial charge in [-0.15, -0.1) is 0 Å². The minimum absolute atomic E-state index is 0.301. The van der Waals surface area contributed by atoms with E-state index in [0.29, 0.717) is 17.2 Å². The van der Waals surface area contributed by atoms with E-state index < -0.39 is 0 Å². The molecule has 1 aliphatic heterocycles. The Morgan fingerprint density at radius 1 is 1.44 bits per heavy atom. The SMILES string of the molecule is CCC[C@@]12CCN(C)[C@H]1CCc1ccc(O)cc12. The molecule has 0 bridgehead atoms. The second kappa shape index (κ2) is 4.27. The standard InChI is InChI=1S/C16H23NO/c1-3-8-16-9-10-17(2)15(16)7-5-12-4-6-13(18)11-14(12)16/h4,6,11,15,18H,3,5,7-10H2,1-2H3/t15-,16-/m0/s1. The molecule has 1 aromatic rings. The Balaban J connectivity index is 2.12. The summed E-state index contributed by atoms with van der Waals surface area (Å²) < 4.78 is 0. The van der Waals surface area contributed by atoms with E-state index in [1.165, 1.54) is 43.4 Å². The normalized spacial score (nSPS) is 31.1. The molecular weight excluding hydrogens is 222 g/mol. The van der Waals surface area contributed by atoms with Gasteiger partial charge in [-0.2, -0.15) is 0 Å². The minimum atomic E-state index is 0.301. The topological polar surface area (TPSA) is 23.5 Å². The molecule has 0 aromatic heterocycles. The van der Waals surface area contributed by atoms with E-state index in [4.69, 9.17) is 0 Å². The predicted octanol–water partition coefficient (Wildman–Crippen LogP) is 3.08. The Morgan fingerprint density at radius 3 is 3.06 bits per heavy atom. The number of fused-ring (bicyclic) bond motifs is 3. The summed E-state index contributed by atoms with van der Waals surface area (Å²) in [5, 5.41) is 9.84. The molecule has 18 heavy (non-hydrogen) atoms. The van der Waals surface area contributed by atoms with Crippen LogP contribution in [0.25, 0.3) is 0 Å². The Morgan fingerprint density at radius 2 is 2.28 bits per heavy atom. The average Bonchev–Trinajstić information content (AvgIpc) is 2.68. The first-order chi connectivity index (χ1) is 8.67. The van der Waals surface area contributed by atoms with Crippen molar-refractivity contribution in [2.24, 2.45) is 0 Å². The Labute approximate surface area is 110 Å². The van der Waals surface area contributed by atoms with Gasteiger partial charge in [0.2, 0.25) is 0 Å². The van der Waals surface area contributed by atoms with E-state index in [1.807, 2.05) is 12.1 Å². The smallest absolute Gasteiger partial charge is 0.115 e. The molecule has 0 unspecified atom stereocenters. The predicted molar refractivity (Wildman–Crippen MR) is 74.0 cm³/mol. The highest BCUT2D eigenvalue weighted by Gasteiger charge is 2.49. The van der Waals surface area contributed by atoms with Crippen molar-refractivity contribution in [3.63, 3.8) is 0 Å². The lowest BCUT2D eigenvalue weighted by Gasteiger charge is -2.43. The molecule has 2 atom stereocenters. The zero-order chi connectivity index (χ0) is 12.8. The molecule has 0 saturated carbocycles. The fraction of sp³-hybridized carbons (Fsp3) is 0.625. The number of hydrogen-bond acceptors (Lipinski definition) is 2. The summed E-state index contributed by atoms with van der Waals surface area (Å²) in [5.41, 5.74) is 3.20. The number of phenols is 1. The molecule has 1 heterocycles. The van der Waals surface area contributed by atoms with Crippen LogP contribution in [-0.4, -0.2) is 29.6 Å². The molecule has 2 heteroatoms. The molecule has 1 saturated heterocycles. The van der Waals surface area contributed by atoms with Gasteiger partial charge >= 0.3 is 0 Å². The van der Waals surface area contributed by atoms with E-state index in [2.05, 4.69) is 24.9 Å². The molecule has 0 amide bonds. The molecule has 1 N–H and O–H groups in total.